The molecule has 0 bridgehead atoms. The highest BCUT2D eigenvalue weighted by atomic mass is 19.4. The standard InChI is InChI=1S/C22H29F5N4O5/c1-20(2,3)36-19(34)31-16(14-4-7-21(23,24)8-5-14)17(32)30-15-10-13(6-9-28-15)11-35-18(33)29-12-22(25,26)27/h6,9-10,14,16H,4-5,7-8,11-12H2,1-3H3,(H,29,33)(H,31,34)(H,28,30,32). The number of pyridine rings is 1. The van der Waals surface area contributed by atoms with Crippen molar-refractivity contribution < 1.29 is 45.8 Å². The van der Waals surface area contributed by atoms with Crippen molar-refractivity contribution >= 4 is 23.9 Å². The highest BCUT2D eigenvalue weighted by molar-refractivity contribution is 5.96. The zero-order chi connectivity index (χ0) is 27.1. The summed E-state index contributed by atoms with van der Waals surface area (Å²) in [7, 11) is 0. The van der Waals surface area contributed by atoms with Crippen LogP contribution in [0.15, 0.2) is 18.3 Å². The van der Waals surface area contributed by atoms with E-state index in [1.165, 1.54) is 18.3 Å². The SMILES string of the molecule is CC(C)(C)OC(=O)NC(C(=O)Nc1cc(COC(=O)NCC(F)(F)F)ccn1)C1CCC(F)(F)CC1. The van der Waals surface area contributed by atoms with Crippen molar-refractivity contribution in [1.29, 1.82) is 0 Å². The van der Waals surface area contributed by atoms with E-state index in [4.69, 9.17) is 9.47 Å². The zero-order valence-corrected chi connectivity index (χ0v) is 20.0. The number of aromatic nitrogens is 1. The van der Waals surface area contributed by atoms with Gasteiger partial charge in [-0.3, -0.25) is 4.79 Å². The molecule has 1 aromatic rings. The molecule has 2 rings (SSSR count). The molecule has 1 heterocycles. The second-order valence-electron chi connectivity index (χ2n) is 9.40. The van der Waals surface area contributed by atoms with Gasteiger partial charge in [0.25, 0.3) is 0 Å². The van der Waals surface area contributed by atoms with Crippen LogP contribution < -0.4 is 16.0 Å². The van der Waals surface area contributed by atoms with Gasteiger partial charge in [0.15, 0.2) is 0 Å². The smallest absolute Gasteiger partial charge is 0.408 e. The molecule has 202 valence electrons. The molecule has 0 aromatic carbocycles. The summed E-state index contributed by atoms with van der Waals surface area (Å²) in [6.07, 6.45) is -6.38. The average molecular weight is 524 g/mol. The molecule has 0 radical (unpaired) electrons. The summed E-state index contributed by atoms with van der Waals surface area (Å²) >= 11 is 0. The number of ether oxygens (including phenoxy) is 2. The molecular weight excluding hydrogens is 495 g/mol. The number of anilines is 1. The predicted octanol–water partition coefficient (Wildman–Crippen LogP) is 4.53. The van der Waals surface area contributed by atoms with Crippen LogP contribution in [0.5, 0.6) is 0 Å². The van der Waals surface area contributed by atoms with Crippen molar-refractivity contribution in [2.75, 3.05) is 11.9 Å². The van der Waals surface area contributed by atoms with Crippen LogP contribution >= 0.6 is 0 Å². The van der Waals surface area contributed by atoms with Crippen LogP contribution in [0, 0.1) is 5.92 Å². The monoisotopic (exact) mass is 524 g/mol. The number of alkyl halides is 5. The Morgan fingerprint density at radius 2 is 1.78 bits per heavy atom. The van der Waals surface area contributed by atoms with E-state index < -0.39 is 73.7 Å². The molecule has 9 nitrogen and oxygen atoms in total. The Morgan fingerprint density at radius 3 is 2.36 bits per heavy atom. The summed E-state index contributed by atoms with van der Waals surface area (Å²) in [4.78, 5) is 40.7. The molecule has 3 N–H and O–H groups in total. The number of rotatable bonds is 7. The first kappa shape index (κ1) is 29.0. The molecule has 3 amide bonds. The van der Waals surface area contributed by atoms with Crippen molar-refractivity contribution in [1.82, 2.24) is 15.6 Å². The fourth-order valence-electron chi connectivity index (χ4n) is 3.44. The van der Waals surface area contributed by atoms with Gasteiger partial charge in [-0.2, -0.15) is 13.2 Å². The molecule has 1 aliphatic carbocycles. The number of halogens is 5. The Hall–Kier alpha value is -3.19. The first-order chi connectivity index (χ1) is 16.5. The molecule has 1 aliphatic rings. The maximum atomic E-state index is 13.6. The lowest BCUT2D eigenvalue weighted by Crippen LogP contribution is -2.51. The van der Waals surface area contributed by atoms with E-state index in [9.17, 15) is 36.3 Å². The van der Waals surface area contributed by atoms with Gasteiger partial charge in [0.05, 0.1) is 0 Å². The van der Waals surface area contributed by atoms with E-state index in [0.717, 1.165) is 0 Å². The molecule has 1 unspecified atom stereocenters. The lowest BCUT2D eigenvalue weighted by atomic mass is 9.81. The first-order valence-corrected chi connectivity index (χ1v) is 11.1. The van der Waals surface area contributed by atoms with Crippen molar-refractivity contribution in [2.45, 2.75) is 76.8 Å². The summed E-state index contributed by atoms with van der Waals surface area (Å²) in [6.45, 7) is 2.92. The number of carbonyl (C=O) groups excluding carboxylic acids is 3. The van der Waals surface area contributed by atoms with Crippen molar-refractivity contribution in [3.05, 3.63) is 23.9 Å². The number of hydrogen-bond donors (Lipinski definition) is 3. The van der Waals surface area contributed by atoms with Crippen molar-refractivity contribution in [3.8, 4) is 0 Å². The minimum atomic E-state index is -4.59. The van der Waals surface area contributed by atoms with Crippen LogP contribution in [0.4, 0.5) is 37.4 Å². The molecule has 36 heavy (non-hydrogen) atoms. The van der Waals surface area contributed by atoms with Gasteiger partial charge in [0, 0.05) is 19.0 Å². The molecular formula is C22H29F5N4O5. The quantitative estimate of drug-likeness (QED) is 0.451. The second kappa shape index (κ2) is 11.7. The maximum absolute atomic E-state index is 13.6. The maximum Gasteiger partial charge on any atom is 0.408 e. The Kier molecular flexibility index (Phi) is 9.44. The number of hydrogen-bond acceptors (Lipinski definition) is 6. The Bertz CT molecular complexity index is 926. The number of carbonyl (C=O) groups is 3. The zero-order valence-electron chi connectivity index (χ0n) is 20.0. The van der Waals surface area contributed by atoms with Crippen LogP contribution in [0.2, 0.25) is 0 Å². The van der Waals surface area contributed by atoms with Crippen molar-refractivity contribution in [3.63, 3.8) is 0 Å². The predicted molar refractivity (Wildman–Crippen MR) is 117 cm³/mol. The molecule has 0 saturated heterocycles. The number of nitrogens with one attached hydrogen (secondary N) is 3. The minimum Gasteiger partial charge on any atom is -0.445 e. The molecule has 1 aromatic heterocycles. The summed E-state index contributed by atoms with van der Waals surface area (Å²) in [6, 6.07) is 1.53. The first-order valence-electron chi connectivity index (χ1n) is 11.1. The van der Waals surface area contributed by atoms with E-state index >= 15 is 0 Å². The van der Waals surface area contributed by atoms with Gasteiger partial charge in [-0.05, 0) is 57.2 Å². The van der Waals surface area contributed by atoms with Crippen LogP contribution in [-0.4, -0.2) is 53.4 Å². The van der Waals surface area contributed by atoms with Crippen molar-refractivity contribution in [2.24, 2.45) is 5.92 Å². The van der Waals surface area contributed by atoms with Gasteiger partial charge < -0.3 is 25.4 Å². The third-order valence-electron chi connectivity index (χ3n) is 5.07. The number of amides is 3. The number of nitrogens with zero attached hydrogens (tertiary/aromatic N) is 1. The highest BCUT2D eigenvalue weighted by Crippen LogP contribution is 2.37. The Morgan fingerprint density at radius 1 is 1.14 bits per heavy atom. The van der Waals surface area contributed by atoms with Gasteiger partial charge in [0.1, 0.15) is 30.6 Å². The molecule has 0 aliphatic heterocycles. The number of alkyl carbamates (subject to hydrolysis) is 2. The third-order valence-corrected chi connectivity index (χ3v) is 5.07. The topological polar surface area (TPSA) is 119 Å². The van der Waals surface area contributed by atoms with Gasteiger partial charge in [-0.25, -0.2) is 23.4 Å². The van der Waals surface area contributed by atoms with E-state index in [0.29, 0.717) is 5.56 Å². The molecule has 1 atom stereocenters. The Labute approximate surface area is 204 Å². The molecule has 1 saturated carbocycles. The van der Waals surface area contributed by atoms with Gasteiger partial charge in [-0.15, -0.1) is 0 Å². The van der Waals surface area contributed by atoms with E-state index in [1.54, 1.807) is 26.1 Å². The lowest BCUT2D eigenvalue weighted by Gasteiger charge is -2.33. The van der Waals surface area contributed by atoms with E-state index in [2.05, 4.69) is 15.6 Å². The normalized spacial score (nSPS) is 17.0. The second-order valence-corrected chi connectivity index (χ2v) is 9.40. The molecule has 1 fully saturated rings. The van der Waals surface area contributed by atoms with Crippen LogP contribution in [0.1, 0.15) is 52.0 Å². The van der Waals surface area contributed by atoms with Crippen LogP contribution in [0.3, 0.4) is 0 Å². The summed E-state index contributed by atoms with van der Waals surface area (Å²) in [5.74, 6) is -4.15. The van der Waals surface area contributed by atoms with Crippen LogP contribution in [0.25, 0.3) is 0 Å². The Balaban J connectivity index is 2.05. The van der Waals surface area contributed by atoms with E-state index in [1.807, 2.05) is 0 Å². The highest BCUT2D eigenvalue weighted by Gasteiger charge is 2.41. The minimum absolute atomic E-state index is 0.00473. The third kappa shape index (κ3) is 10.6. The molecule has 14 heteroatoms. The summed E-state index contributed by atoms with van der Waals surface area (Å²) in [5.41, 5.74) is -0.552. The van der Waals surface area contributed by atoms with Gasteiger partial charge in [0.2, 0.25) is 11.8 Å². The lowest BCUT2D eigenvalue weighted by molar-refractivity contribution is -0.124. The molecule has 0 spiro atoms. The fourth-order valence-corrected chi connectivity index (χ4v) is 3.44. The van der Waals surface area contributed by atoms with E-state index in [-0.39, 0.29) is 18.7 Å². The van der Waals surface area contributed by atoms with Gasteiger partial charge >= 0.3 is 18.4 Å². The van der Waals surface area contributed by atoms with Gasteiger partial charge in [-0.1, -0.05) is 0 Å². The van der Waals surface area contributed by atoms with Crippen LogP contribution in [-0.2, 0) is 20.9 Å². The fraction of sp³-hybridized carbons (Fsp3) is 0.636. The average Bonchev–Trinajstić information content (AvgIpc) is 2.73. The summed E-state index contributed by atoms with van der Waals surface area (Å²) < 4.78 is 73.7. The largest absolute Gasteiger partial charge is 0.445 e. The summed E-state index contributed by atoms with van der Waals surface area (Å²) in [5, 5.41) is 6.50.